The summed E-state index contributed by atoms with van der Waals surface area (Å²) in [4.78, 5) is 7.04. The Morgan fingerprint density at radius 1 is 0.354 bits per heavy atom. The fraction of sp³-hybridized carbons (Fsp3) is 0.133. The Hall–Kier alpha value is -10.2. The van der Waals surface area contributed by atoms with Gasteiger partial charge in [-0.25, -0.2) is 0 Å². The maximum Gasteiger partial charge on any atom is 0.254 e. The molecule has 0 amide bonds. The molecule has 15 aromatic rings. The molecule has 0 atom stereocenters. The van der Waals surface area contributed by atoms with Crippen LogP contribution >= 0.6 is 22.7 Å². The molecule has 2 aliphatic heterocycles. The predicted octanol–water partition coefficient (Wildman–Crippen LogP) is 24.5. The van der Waals surface area contributed by atoms with E-state index in [4.69, 9.17) is 1.37 Å². The van der Waals surface area contributed by atoms with Crippen LogP contribution in [0, 0.1) is 0 Å². The maximum absolute atomic E-state index is 10.3. The van der Waals surface area contributed by atoms with Crippen LogP contribution < -0.4 is 31.1 Å². The molecule has 96 heavy (non-hydrogen) atoms. The number of anilines is 9. The van der Waals surface area contributed by atoms with Gasteiger partial charge in [0.25, 0.3) is 6.71 Å². The SMILES string of the molecule is [2H]c1c([2H])c([2H])c(N2c3cc(-c4cc(-c5ccccc5)cc(-c5ccccc5)c4)cc4c3B(c3ccc(N(c5ccc(C(C)(C)C)cc5)c5ccc(C(C)(C)C)cc5)cc3N4c3ccc(C(C)(C)C)cc3-c3ccccc3)c3c2c2sc4ccccc4c2c2c3sc3ccccc32)c([2H])c1[2H]. The third kappa shape index (κ3) is 9.98. The third-order valence-electron chi connectivity index (χ3n) is 19.8. The van der Waals surface area contributed by atoms with Crippen LogP contribution in [0.15, 0.2) is 285 Å². The Bertz CT molecular complexity index is 5710. The van der Waals surface area contributed by atoms with E-state index in [1.165, 1.54) is 16.7 Å². The van der Waals surface area contributed by atoms with Crippen molar-refractivity contribution in [3.05, 3.63) is 302 Å². The number of nitrogens with zero attached hydrogens (tertiary/aromatic N) is 3. The zero-order chi connectivity index (χ0) is 69.7. The molecule has 3 nitrogen and oxygen atoms in total. The van der Waals surface area contributed by atoms with Crippen molar-refractivity contribution in [1.82, 2.24) is 0 Å². The van der Waals surface area contributed by atoms with Crippen LogP contribution in [0.1, 0.15) is 85.9 Å². The number of thiophene rings is 2. The van der Waals surface area contributed by atoms with Gasteiger partial charge in [0.05, 0.1) is 22.9 Å². The monoisotopic (exact) mass is 1280 g/mol. The van der Waals surface area contributed by atoms with Crippen molar-refractivity contribution in [2.45, 2.75) is 78.6 Å². The third-order valence-corrected chi connectivity index (χ3v) is 22.1. The van der Waals surface area contributed by atoms with Crippen LogP contribution in [-0.2, 0) is 16.2 Å². The van der Waals surface area contributed by atoms with E-state index in [2.05, 4.69) is 332 Å². The summed E-state index contributed by atoms with van der Waals surface area (Å²) in [6.07, 6.45) is 0. The largest absolute Gasteiger partial charge is 0.311 e. The first-order valence-corrected chi connectivity index (χ1v) is 35.0. The van der Waals surface area contributed by atoms with Crippen molar-refractivity contribution in [2.75, 3.05) is 14.7 Å². The highest BCUT2D eigenvalue weighted by atomic mass is 32.1. The number of benzene rings is 13. The lowest BCUT2D eigenvalue weighted by atomic mass is 9.33. The van der Waals surface area contributed by atoms with E-state index >= 15 is 0 Å². The van der Waals surface area contributed by atoms with Crippen LogP contribution in [0.2, 0.25) is 0 Å². The summed E-state index contributed by atoms with van der Waals surface area (Å²) in [5.41, 5.74) is 22.1. The van der Waals surface area contributed by atoms with E-state index in [0.717, 1.165) is 147 Å². The highest BCUT2D eigenvalue weighted by Gasteiger charge is 2.47. The summed E-state index contributed by atoms with van der Waals surface area (Å²) in [6, 6.07) is 91.4. The van der Waals surface area contributed by atoms with Gasteiger partial charge in [0.15, 0.2) is 0 Å². The van der Waals surface area contributed by atoms with Gasteiger partial charge in [-0.15, -0.1) is 22.7 Å². The first kappa shape index (κ1) is 54.1. The molecule has 0 saturated heterocycles. The minimum absolute atomic E-state index is 0.0736. The van der Waals surface area contributed by atoms with Gasteiger partial charge in [0, 0.05) is 81.0 Å². The first-order chi connectivity index (χ1) is 48.6. The van der Waals surface area contributed by atoms with Crippen molar-refractivity contribution >= 4 is 137 Å². The molecule has 4 heterocycles. The van der Waals surface area contributed by atoms with Gasteiger partial charge < -0.3 is 14.7 Å². The second-order valence-corrected chi connectivity index (χ2v) is 31.0. The van der Waals surface area contributed by atoms with E-state index in [0.29, 0.717) is 0 Å². The van der Waals surface area contributed by atoms with Crippen molar-refractivity contribution in [3.63, 3.8) is 0 Å². The molecule has 17 rings (SSSR count). The summed E-state index contributed by atoms with van der Waals surface area (Å²) in [5, 5.41) is 4.49. The highest BCUT2D eigenvalue weighted by Crippen LogP contribution is 2.56. The Balaban J connectivity index is 1.08. The average Bonchev–Trinajstić information content (AvgIpc) is 1.61. The van der Waals surface area contributed by atoms with E-state index in [1.807, 2.05) is 0 Å². The zero-order valence-corrected chi connectivity index (χ0v) is 57.1. The van der Waals surface area contributed by atoms with Crippen LogP contribution in [0.5, 0.6) is 0 Å². The van der Waals surface area contributed by atoms with E-state index < -0.39 is 24.8 Å². The molecule has 0 N–H and O–H groups in total. The summed E-state index contributed by atoms with van der Waals surface area (Å²) < 4.78 is 53.3. The van der Waals surface area contributed by atoms with Gasteiger partial charge in [0.1, 0.15) is 0 Å². The molecule has 2 aliphatic rings. The van der Waals surface area contributed by atoms with Gasteiger partial charge in [-0.2, -0.15) is 0 Å². The molecule has 2 aromatic heterocycles. The predicted molar refractivity (Wildman–Crippen MR) is 419 cm³/mol. The van der Waals surface area contributed by atoms with Gasteiger partial charge >= 0.3 is 0 Å². The molecule has 0 saturated carbocycles. The quantitative estimate of drug-likeness (QED) is 0.133. The Labute approximate surface area is 580 Å². The van der Waals surface area contributed by atoms with Crippen LogP contribution in [0.4, 0.5) is 51.2 Å². The molecular weight excluding hydrogens is 1200 g/mol. The number of rotatable bonds is 9. The number of para-hydroxylation sites is 1. The van der Waals surface area contributed by atoms with Gasteiger partial charge in [0.2, 0.25) is 0 Å². The normalized spacial score (nSPS) is 13.7. The van der Waals surface area contributed by atoms with E-state index in [9.17, 15) is 5.48 Å². The van der Waals surface area contributed by atoms with E-state index in [1.54, 1.807) is 22.7 Å². The molecule has 0 fully saturated rings. The Morgan fingerprint density at radius 2 is 0.802 bits per heavy atom. The van der Waals surface area contributed by atoms with Gasteiger partial charge in [-0.05, 0) is 191 Å². The van der Waals surface area contributed by atoms with Crippen molar-refractivity contribution in [2.24, 2.45) is 0 Å². The zero-order valence-electron chi connectivity index (χ0n) is 60.5. The van der Waals surface area contributed by atoms with Gasteiger partial charge in [-0.3, -0.25) is 0 Å². The molecular formula is C90H74BN3S2. The average molecular weight is 1280 g/mol. The van der Waals surface area contributed by atoms with Gasteiger partial charge in [-0.1, -0.05) is 244 Å². The smallest absolute Gasteiger partial charge is 0.254 e. The van der Waals surface area contributed by atoms with Crippen LogP contribution in [-0.4, -0.2) is 6.71 Å². The number of hydrogen-bond donors (Lipinski definition) is 0. The molecule has 6 heteroatoms. The Kier molecular flexibility index (Phi) is 12.8. The lowest BCUT2D eigenvalue weighted by Crippen LogP contribution is -2.61. The number of fused-ring (bicyclic) bond motifs is 13. The van der Waals surface area contributed by atoms with Crippen LogP contribution in [0.25, 0.3) is 84.9 Å². The Morgan fingerprint density at radius 3 is 1.34 bits per heavy atom. The summed E-state index contributed by atoms with van der Waals surface area (Å²) >= 11 is 3.50. The molecule has 0 spiro atoms. The minimum atomic E-state index is -0.481. The molecule has 13 aromatic carbocycles. The summed E-state index contributed by atoms with van der Waals surface area (Å²) in [6.45, 7) is 20.0. The topological polar surface area (TPSA) is 9.72 Å². The second kappa shape index (κ2) is 22.7. The lowest BCUT2D eigenvalue weighted by Gasteiger charge is -2.45. The molecule has 0 unspecified atom stereocenters. The maximum atomic E-state index is 10.3. The van der Waals surface area contributed by atoms with Crippen LogP contribution in [0.3, 0.4) is 0 Å². The minimum Gasteiger partial charge on any atom is -0.311 e. The van der Waals surface area contributed by atoms with Crippen molar-refractivity contribution in [1.29, 1.82) is 0 Å². The summed E-state index contributed by atoms with van der Waals surface area (Å²) in [7, 11) is 0. The second-order valence-electron chi connectivity index (χ2n) is 28.9. The molecule has 464 valence electrons. The van der Waals surface area contributed by atoms with Crippen molar-refractivity contribution in [3.8, 4) is 44.5 Å². The lowest BCUT2D eigenvalue weighted by molar-refractivity contribution is 0.590. The standard InChI is InChI=1S/C90H74BN3S2/c1-88(2,3)64-38-43-68(44-39-64)92(69-45-40-65(41-46-69)89(4,5)6)70-47-48-74-76(56-70)94(75-49-42-66(90(7,8)9)55-73(75)59-30-18-12-19-31-59)78-54-63(62-51-60(57-26-14-10-15-27-57)50-61(52-62)58-28-16-11-17-29-58)53-77-83(78)91(74)84-85(93(77)67-32-20-13-21-33-67)87-82(72-35-23-25-37-80(72)96-87)81-71-34-22-24-36-79(71)95-86(81)84/h10-56H,1-9H3/i13D,20D,21D,32D,33D. The molecule has 0 bridgehead atoms. The summed E-state index contributed by atoms with van der Waals surface area (Å²) in [5.74, 6) is 0. The first-order valence-electron chi connectivity index (χ1n) is 35.8. The van der Waals surface area contributed by atoms with Crippen molar-refractivity contribution < 1.29 is 6.85 Å². The van der Waals surface area contributed by atoms with E-state index in [-0.39, 0.29) is 34.0 Å². The molecule has 0 radical (unpaired) electrons. The highest BCUT2D eigenvalue weighted by molar-refractivity contribution is 7.30. The molecule has 0 aliphatic carbocycles. The fourth-order valence-corrected chi connectivity index (χ4v) is 17.4. The number of hydrogen-bond acceptors (Lipinski definition) is 5. The fourth-order valence-electron chi connectivity index (χ4n) is 14.9.